The zero-order valence-electron chi connectivity index (χ0n) is 12.6. The third-order valence-corrected chi connectivity index (χ3v) is 13.0. The Hall–Kier alpha value is 0. The zero-order chi connectivity index (χ0) is 12.6. The maximum atomic E-state index is 1.73. The molecular weight excluding hydrogens is 252 g/mol. The second kappa shape index (κ2) is 2.15. The fourth-order valence-electron chi connectivity index (χ4n) is 13.4. The fourth-order valence-corrected chi connectivity index (χ4v) is 13.4. The molecule has 0 nitrogen and oxygen atoms in total. The molecule has 17 unspecified atom stereocenters. The first-order valence-electron chi connectivity index (χ1n) is 10.4. The monoisotopic (exact) mass is 276 g/mol. The van der Waals surface area contributed by atoms with Crippen LogP contribution >= 0.6 is 0 Å². The lowest BCUT2D eigenvalue weighted by atomic mass is 9.03. The SMILES string of the molecule is C1C2CC3CC4CC5C4C4C5C5C6C7C8C1C2C8C7C6C345. The van der Waals surface area contributed by atoms with Crippen LogP contribution in [0.15, 0.2) is 0 Å². The Labute approximate surface area is 126 Å². The van der Waals surface area contributed by atoms with Crippen molar-refractivity contribution < 1.29 is 0 Å². The predicted molar refractivity (Wildman–Crippen MR) is 76.7 cm³/mol. The van der Waals surface area contributed by atoms with Gasteiger partial charge in [0.15, 0.2) is 0 Å². The summed E-state index contributed by atoms with van der Waals surface area (Å²) in [5.74, 6) is 20.7. The van der Waals surface area contributed by atoms with Gasteiger partial charge in [-0.05, 0) is 126 Å². The van der Waals surface area contributed by atoms with Crippen LogP contribution < -0.4 is 0 Å². The van der Waals surface area contributed by atoms with Crippen molar-refractivity contribution in [2.45, 2.75) is 25.7 Å². The first kappa shape index (κ1) is 9.33. The standard InChI is InChI=1S/C21H24/c1-5-3-8-10(5)14-12(8)15-16(14)20-17(15)19-13-9-4-6-2-7(1)21(19,20)18(13)11(6)9/h5-20H,1-4H2. The third-order valence-electron chi connectivity index (χ3n) is 13.0. The molecule has 10 saturated carbocycles. The highest BCUT2D eigenvalue weighted by Gasteiger charge is 2.97. The molecular formula is C21H24. The van der Waals surface area contributed by atoms with E-state index in [4.69, 9.17) is 0 Å². The Morgan fingerprint density at radius 1 is 0.476 bits per heavy atom. The van der Waals surface area contributed by atoms with E-state index in [0.717, 1.165) is 5.41 Å². The summed E-state index contributed by atoms with van der Waals surface area (Å²) in [7, 11) is 0. The normalized spacial score (nSPS) is 96.0. The Morgan fingerprint density at radius 2 is 1.14 bits per heavy atom. The van der Waals surface area contributed by atoms with E-state index in [0.29, 0.717) is 0 Å². The lowest BCUT2D eigenvalue weighted by molar-refractivity contribution is -0.547. The molecule has 1 spiro atoms. The molecule has 0 aromatic heterocycles. The molecule has 0 radical (unpaired) electrons. The van der Waals surface area contributed by atoms with E-state index in [1.165, 1.54) is 94.7 Å². The van der Waals surface area contributed by atoms with Crippen LogP contribution in [0.2, 0.25) is 0 Å². The Bertz CT molecular complexity index is 666. The van der Waals surface area contributed by atoms with Gasteiger partial charge in [0, 0.05) is 0 Å². The maximum Gasteiger partial charge on any atom is -0.0167 e. The van der Waals surface area contributed by atoms with Crippen molar-refractivity contribution in [3.63, 3.8) is 0 Å². The lowest BCUT2D eigenvalue weighted by Gasteiger charge is -3.01. The highest BCUT2D eigenvalue weighted by atomic mass is 15.0. The molecule has 10 fully saturated rings. The van der Waals surface area contributed by atoms with Crippen LogP contribution in [0.4, 0.5) is 0 Å². The van der Waals surface area contributed by atoms with Crippen molar-refractivity contribution in [2.24, 2.45) is 100 Å². The van der Waals surface area contributed by atoms with Gasteiger partial charge in [0.2, 0.25) is 0 Å². The van der Waals surface area contributed by atoms with Gasteiger partial charge in [0.25, 0.3) is 0 Å². The van der Waals surface area contributed by atoms with Gasteiger partial charge in [-0.15, -0.1) is 0 Å². The van der Waals surface area contributed by atoms with Crippen molar-refractivity contribution in [1.29, 1.82) is 0 Å². The van der Waals surface area contributed by atoms with Crippen LogP contribution in [-0.2, 0) is 0 Å². The first-order chi connectivity index (χ1) is 10.4. The van der Waals surface area contributed by atoms with Gasteiger partial charge in [-0.3, -0.25) is 0 Å². The minimum Gasteiger partial charge on any atom is -0.0467 e. The van der Waals surface area contributed by atoms with Crippen molar-refractivity contribution in [2.75, 3.05) is 0 Å². The van der Waals surface area contributed by atoms with Gasteiger partial charge in [-0.25, -0.2) is 0 Å². The molecule has 0 saturated heterocycles. The number of hydrogen-bond acceptors (Lipinski definition) is 0. The molecule has 21 heavy (non-hydrogen) atoms. The van der Waals surface area contributed by atoms with Crippen molar-refractivity contribution in [1.82, 2.24) is 0 Å². The fraction of sp³-hybridized carbons (Fsp3) is 1.00. The topological polar surface area (TPSA) is 0 Å². The Morgan fingerprint density at radius 3 is 2.05 bits per heavy atom. The Kier molecular flexibility index (Phi) is 0.954. The van der Waals surface area contributed by atoms with E-state index in [9.17, 15) is 0 Å². The largest absolute Gasteiger partial charge is 0.0467 e. The van der Waals surface area contributed by atoms with Gasteiger partial charge in [-0.1, -0.05) is 0 Å². The molecule has 10 aliphatic rings. The summed E-state index contributed by atoms with van der Waals surface area (Å²) < 4.78 is 0. The molecule has 10 rings (SSSR count). The summed E-state index contributed by atoms with van der Waals surface area (Å²) >= 11 is 0. The number of fused-ring (bicyclic) bond motifs is 6. The molecule has 0 amide bonds. The minimum absolute atomic E-state index is 1.02. The van der Waals surface area contributed by atoms with Crippen molar-refractivity contribution in [3.8, 4) is 0 Å². The quantitative estimate of drug-likeness (QED) is 0.635. The second-order valence-corrected chi connectivity index (χ2v) is 11.7. The highest BCUT2D eigenvalue weighted by Crippen LogP contribution is 3.01. The number of rotatable bonds is 0. The summed E-state index contributed by atoms with van der Waals surface area (Å²) in [6.07, 6.45) is 6.86. The number of hydrogen-bond donors (Lipinski definition) is 0. The average molecular weight is 276 g/mol. The van der Waals surface area contributed by atoms with E-state index in [1.807, 2.05) is 0 Å². The molecule has 0 aromatic rings. The molecule has 0 aliphatic heterocycles. The summed E-state index contributed by atoms with van der Waals surface area (Å²) in [6, 6.07) is 0. The van der Waals surface area contributed by atoms with Gasteiger partial charge in [0.1, 0.15) is 0 Å². The first-order valence-corrected chi connectivity index (χ1v) is 10.4. The molecule has 0 heteroatoms. The van der Waals surface area contributed by atoms with E-state index in [-0.39, 0.29) is 0 Å². The van der Waals surface area contributed by atoms with Crippen LogP contribution in [-0.4, -0.2) is 0 Å². The lowest BCUT2D eigenvalue weighted by Crippen LogP contribution is -2.98. The van der Waals surface area contributed by atoms with Crippen molar-refractivity contribution in [3.05, 3.63) is 0 Å². The van der Waals surface area contributed by atoms with E-state index >= 15 is 0 Å². The van der Waals surface area contributed by atoms with E-state index in [1.54, 1.807) is 25.7 Å². The molecule has 17 atom stereocenters. The molecule has 0 aromatic carbocycles. The second-order valence-electron chi connectivity index (χ2n) is 11.7. The van der Waals surface area contributed by atoms with Crippen molar-refractivity contribution >= 4 is 0 Å². The van der Waals surface area contributed by atoms with E-state index < -0.39 is 0 Å². The summed E-state index contributed by atoms with van der Waals surface area (Å²) in [6.45, 7) is 0. The summed E-state index contributed by atoms with van der Waals surface area (Å²) in [5.41, 5.74) is 1.02. The predicted octanol–water partition coefficient (Wildman–Crippen LogP) is 3.53. The zero-order valence-corrected chi connectivity index (χ0v) is 12.6. The van der Waals surface area contributed by atoms with Crippen LogP contribution in [0.25, 0.3) is 0 Å². The third kappa shape index (κ3) is 0.517. The molecule has 10 aliphatic carbocycles. The Balaban J connectivity index is 1.25. The highest BCUT2D eigenvalue weighted by molar-refractivity contribution is 5.44. The molecule has 108 valence electrons. The van der Waals surface area contributed by atoms with Gasteiger partial charge in [-0.2, -0.15) is 0 Å². The van der Waals surface area contributed by atoms with Crippen LogP contribution in [0, 0.1) is 100 Å². The van der Waals surface area contributed by atoms with E-state index in [2.05, 4.69) is 0 Å². The molecule has 0 N–H and O–H groups in total. The van der Waals surface area contributed by atoms with Crippen LogP contribution in [0.3, 0.4) is 0 Å². The molecule has 0 heterocycles. The van der Waals surface area contributed by atoms with Gasteiger partial charge < -0.3 is 0 Å². The molecule has 0 bridgehead atoms. The smallest absolute Gasteiger partial charge is 0.0167 e. The maximum absolute atomic E-state index is 1.73. The van der Waals surface area contributed by atoms with Gasteiger partial charge >= 0.3 is 0 Å². The average Bonchev–Trinajstić information content (AvgIpc) is 2.41. The van der Waals surface area contributed by atoms with Gasteiger partial charge in [0.05, 0.1) is 0 Å². The van der Waals surface area contributed by atoms with Crippen LogP contribution in [0.5, 0.6) is 0 Å². The summed E-state index contributed by atoms with van der Waals surface area (Å²) in [5, 5.41) is 0. The summed E-state index contributed by atoms with van der Waals surface area (Å²) in [4.78, 5) is 0. The minimum atomic E-state index is 1.02. The van der Waals surface area contributed by atoms with Crippen LogP contribution in [0.1, 0.15) is 25.7 Å².